The van der Waals surface area contributed by atoms with E-state index in [1.807, 2.05) is 47.3 Å². The van der Waals surface area contributed by atoms with E-state index in [0.717, 1.165) is 22.7 Å². The number of hydrogen-bond donors (Lipinski definition) is 0. The maximum Gasteiger partial charge on any atom is 0.163 e. The van der Waals surface area contributed by atoms with E-state index in [-0.39, 0.29) is 5.82 Å². The van der Waals surface area contributed by atoms with Crippen molar-refractivity contribution in [3.05, 3.63) is 78.4 Å². The van der Waals surface area contributed by atoms with E-state index in [1.54, 1.807) is 25.3 Å². The molecule has 0 atom stereocenters. The minimum atomic E-state index is -0.316. The Labute approximate surface area is 144 Å². The Bertz CT molecular complexity index is 978. The molecule has 0 amide bonds. The number of imidazole rings is 1. The molecule has 0 aliphatic carbocycles. The van der Waals surface area contributed by atoms with E-state index in [9.17, 15) is 4.39 Å². The fourth-order valence-corrected chi connectivity index (χ4v) is 2.75. The highest BCUT2D eigenvalue weighted by Crippen LogP contribution is 2.26. The van der Waals surface area contributed by atoms with Gasteiger partial charge in [-0.05, 0) is 35.9 Å². The third kappa shape index (κ3) is 3.08. The van der Waals surface area contributed by atoms with Crippen LogP contribution in [0.3, 0.4) is 0 Å². The van der Waals surface area contributed by atoms with Crippen LogP contribution >= 0.6 is 0 Å². The van der Waals surface area contributed by atoms with Crippen LogP contribution in [0.2, 0.25) is 0 Å². The molecule has 4 nitrogen and oxygen atoms in total. The summed E-state index contributed by atoms with van der Waals surface area (Å²) in [5, 5.41) is 0. The van der Waals surface area contributed by atoms with Crippen LogP contribution in [0.4, 0.5) is 4.39 Å². The molecule has 0 unspecified atom stereocenters. The average Bonchev–Trinajstić information content (AvgIpc) is 3.06. The fourth-order valence-electron chi connectivity index (χ4n) is 2.75. The molecular formula is C20H16FN3O. The van der Waals surface area contributed by atoms with Gasteiger partial charge in [-0.15, -0.1) is 0 Å². The molecule has 0 radical (unpaired) electrons. The first-order chi connectivity index (χ1) is 12.2. The van der Waals surface area contributed by atoms with Gasteiger partial charge in [-0.25, -0.2) is 14.4 Å². The van der Waals surface area contributed by atoms with Gasteiger partial charge < -0.3 is 9.30 Å². The van der Waals surface area contributed by atoms with Gasteiger partial charge in [-0.2, -0.15) is 0 Å². The smallest absolute Gasteiger partial charge is 0.163 e. The Morgan fingerprint density at radius 1 is 0.960 bits per heavy atom. The van der Waals surface area contributed by atoms with Crippen molar-refractivity contribution in [2.45, 2.75) is 6.54 Å². The lowest BCUT2D eigenvalue weighted by Crippen LogP contribution is -2.00. The molecule has 0 aromatic heterocycles. The molecule has 0 bridgehead atoms. The summed E-state index contributed by atoms with van der Waals surface area (Å²) in [4.78, 5) is 8.92. The molecular weight excluding hydrogens is 317 g/mol. The molecule has 0 N–H and O–H groups in total. The number of hydrogen-bond acceptors (Lipinski definition) is 3. The van der Waals surface area contributed by atoms with Crippen LogP contribution in [0.1, 0.15) is 5.56 Å². The van der Waals surface area contributed by atoms with E-state index < -0.39 is 0 Å². The van der Waals surface area contributed by atoms with Gasteiger partial charge in [0.2, 0.25) is 0 Å². The highest BCUT2D eigenvalue weighted by molar-refractivity contribution is 5.65. The topological polar surface area (TPSA) is 39.9 Å². The third-order valence-electron chi connectivity index (χ3n) is 4.07. The van der Waals surface area contributed by atoms with E-state index in [2.05, 4.69) is 9.97 Å². The second-order valence-electron chi connectivity index (χ2n) is 5.76. The Morgan fingerprint density at radius 2 is 1.72 bits per heavy atom. The van der Waals surface area contributed by atoms with Gasteiger partial charge in [0.25, 0.3) is 0 Å². The van der Waals surface area contributed by atoms with Crippen LogP contribution in [0, 0.1) is 5.82 Å². The van der Waals surface area contributed by atoms with Crippen LogP contribution in [0.15, 0.2) is 67.0 Å². The molecule has 124 valence electrons. The molecule has 4 rings (SSSR count). The van der Waals surface area contributed by atoms with Gasteiger partial charge in [0.1, 0.15) is 17.3 Å². The Balaban J connectivity index is 1.64. The van der Waals surface area contributed by atoms with Gasteiger partial charge in [0.05, 0.1) is 18.4 Å². The summed E-state index contributed by atoms with van der Waals surface area (Å²) in [7, 11) is 1.65. The van der Waals surface area contributed by atoms with Crippen LogP contribution in [-0.4, -0.2) is 21.6 Å². The zero-order valence-electron chi connectivity index (χ0n) is 13.7. The standard InChI is InChI=1S/C20H16FN3O/c1-25-15-8-6-14(7-9-15)12-24-11-10-18-19(13-24)23-20(22-18)16-4-2-3-5-17(16)21/h2-11,13H,12H2,1H3. The molecule has 5 heteroatoms. The maximum atomic E-state index is 13.9. The second-order valence-corrected chi connectivity index (χ2v) is 5.76. The number of pyridine rings is 1. The van der Waals surface area contributed by atoms with E-state index >= 15 is 0 Å². The van der Waals surface area contributed by atoms with E-state index in [4.69, 9.17) is 4.74 Å². The number of methoxy groups -OCH3 is 1. The lowest BCUT2D eigenvalue weighted by Gasteiger charge is -2.08. The average molecular weight is 333 g/mol. The van der Waals surface area contributed by atoms with Gasteiger partial charge in [-0.1, -0.05) is 24.3 Å². The largest absolute Gasteiger partial charge is 0.497 e. The summed E-state index contributed by atoms with van der Waals surface area (Å²) in [5.41, 5.74) is 3.07. The van der Waals surface area contributed by atoms with Gasteiger partial charge in [0, 0.05) is 18.9 Å². The lowest BCUT2D eigenvalue weighted by molar-refractivity contribution is 0.414. The predicted molar refractivity (Wildman–Crippen MR) is 94.1 cm³/mol. The van der Waals surface area contributed by atoms with Gasteiger partial charge >= 0.3 is 0 Å². The molecule has 0 saturated carbocycles. The van der Waals surface area contributed by atoms with Crippen molar-refractivity contribution in [2.75, 3.05) is 7.11 Å². The SMILES string of the molecule is COc1ccc(Cn2ccc3nc(-c4ccccc4F)nc-3c2)cc1. The minimum absolute atomic E-state index is 0.316. The first-order valence-electron chi connectivity index (χ1n) is 7.94. The monoisotopic (exact) mass is 333 g/mol. The molecule has 2 heterocycles. The molecule has 2 aliphatic heterocycles. The van der Waals surface area contributed by atoms with Gasteiger partial charge in [-0.3, -0.25) is 0 Å². The molecule has 0 spiro atoms. The summed E-state index contributed by atoms with van der Waals surface area (Å²) >= 11 is 0. The Hall–Kier alpha value is -3.21. The van der Waals surface area contributed by atoms with E-state index in [0.29, 0.717) is 17.9 Å². The Morgan fingerprint density at radius 3 is 2.48 bits per heavy atom. The third-order valence-corrected chi connectivity index (χ3v) is 4.07. The zero-order chi connectivity index (χ0) is 17.2. The van der Waals surface area contributed by atoms with Crippen LogP contribution < -0.4 is 4.74 Å². The van der Waals surface area contributed by atoms with Crippen molar-refractivity contribution in [2.24, 2.45) is 0 Å². The zero-order valence-corrected chi connectivity index (χ0v) is 13.7. The van der Waals surface area contributed by atoms with Crippen molar-refractivity contribution >= 4 is 0 Å². The second kappa shape index (κ2) is 6.36. The van der Waals surface area contributed by atoms with Crippen LogP contribution in [0.25, 0.3) is 22.8 Å². The van der Waals surface area contributed by atoms with Crippen molar-refractivity contribution in [1.82, 2.24) is 14.5 Å². The van der Waals surface area contributed by atoms with Crippen LogP contribution in [0.5, 0.6) is 5.75 Å². The van der Waals surface area contributed by atoms with E-state index in [1.165, 1.54) is 6.07 Å². The normalized spacial score (nSPS) is 11.0. The molecule has 0 saturated heterocycles. The quantitative estimate of drug-likeness (QED) is 0.561. The number of ether oxygens (including phenoxy) is 1. The molecule has 2 aliphatic rings. The molecule has 2 aromatic carbocycles. The summed E-state index contributed by atoms with van der Waals surface area (Å²) < 4.78 is 21.1. The number of benzene rings is 2. The van der Waals surface area contributed by atoms with Crippen molar-refractivity contribution < 1.29 is 9.13 Å². The molecule has 0 fully saturated rings. The number of rotatable bonds is 4. The first kappa shape index (κ1) is 15.3. The summed E-state index contributed by atoms with van der Waals surface area (Å²) in [6.07, 6.45) is 3.88. The summed E-state index contributed by atoms with van der Waals surface area (Å²) in [5.74, 6) is 0.930. The molecule has 25 heavy (non-hydrogen) atoms. The summed E-state index contributed by atoms with van der Waals surface area (Å²) in [6.45, 7) is 0.710. The highest BCUT2D eigenvalue weighted by Gasteiger charge is 2.15. The summed E-state index contributed by atoms with van der Waals surface area (Å²) in [6, 6.07) is 16.4. The number of fused-ring (bicyclic) bond motifs is 1. The molecule has 2 aromatic rings. The first-order valence-corrected chi connectivity index (χ1v) is 7.94. The Kier molecular flexibility index (Phi) is 3.90. The number of nitrogens with zero attached hydrogens (tertiary/aromatic N) is 3. The van der Waals surface area contributed by atoms with Crippen LogP contribution in [-0.2, 0) is 6.54 Å². The van der Waals surface area contributed by atoms with Crippen molar-refractivity contribution in [1.29, 1.82) is 0 Å². The predicted octanol–water partition coefficient (Wildman–Crippen LogP) is 4.25. The number of aromatic nitrogens is 3. The number of halogens is 1. The lowest BCUT2D eigenvalue weighted by atomic mass is 10.2. The highest BCUT2D eigenvalue weighted by atomic mass is 19.1. The van der Waals surface area contributed by atoms with Gasteiger partial charge in [0.15, 0.2) is 5.82 Å². The van der Waals surface area contributed by atoms with Crippen molar-refractivity contribution in [3.8, 4) is 28.5 Å². The van der Waals surface area contributed by atoms with Crippen molar-refractivity contribution in [3.63, 3.8) is 0 Å². The maximum absolute atomic E-state index is 13.9. The fraction of sp³-hybridized carbons (Fsp3) is 0.100. The minimum Gasteiger partial charge on any atom is -0.497 e.